The third-order valence-electron chi connectivity index (χ3n) is 2.89. The minimum absolute atomic E-state index is 0.203. The predicted octanol–water partition coefficient (Wildman–Crippen LogP) is 4.27. The molecule has 0 aliphatic carbocycles. The van der Waals surface area contributed by atoms with Crippen molar-refractivity contribution in [2.75, 3.05) is 0 Å². The Hall–Kier alpha value is -1.80. The largest absolute Gasteiger partial charge is 0.478 e. The molecule has 0 fully saturated rings. The van der Waals surface area contributed by atoms with Gasteiger partial charge in [-0.3, -0.25) is 0 Å². The number of halogens is 1. The Bertz CT molecular complexity index is 574. The second kappa shape index (κ2) is 5.23. The highest BCUT2D eigenvalue weighted by atomic mass is 35.5. The Morgan fingerprint density at radius 3 is 2.33 bits per heavy atom. The number of hydrogen-bond donors (Lipinski definition) is 1. The average molecular weight is 261 g/mol. The van der Waals surface area contributed by atoms with E-state index in [4.69, 9.17) is 16.7 Å². The van der Waals surface area contributed by atoms with Crippen LogP contribution < -0.4 is 0 Å². The molecule has 0 saturated heterocycles. The van der Waals surface area contributed by atoms with Gasteiger partial charge in [-0.25, -0.2) is 4.79 Å². The van der Waals surface area contributed by atoms with Gasteiger partial charge in [-0.2, -0.15) is 0 Å². The van der Waals surface area contributed by atoms with Gasteiger partial charge >= 0.3 is 5.97 Å². The number of carboxylic acids is 1. The molecule has 2 nitrogen and oxygen atoms in total. The first kappa shape index (κ1) is 12.7. The van der Waals surface area contributed by atoms with Crippen LogP contribution in [0.2, 0.25) is 5.02 Å². The first-order valence-electron chi connectivity index (χ1n) is 5.74. The fourth-order valence-corrected chi connectivity index (χ4v) is 2.09. The molecule has 0 aliphatic heterocycles. The van der Waals surface area contributed by atoms with Crippen LogP contribution in [-0.2, 0) is 6.42 Å². The zero-order valence-corrected chi connectivity index (χ0v) is 10.7. The van der Waals surface area contributed by atoms with Crippen molar-refractivity contribution in [3.63, 3.8) is 0 Å². The minimum Gasteiger partial charge on any atom is -0.478 e. The molecule has 18 heavy (non-hydrogen) atoms. The molecule has 1 N–H and O–H groups in total. The van der Waals surface area contributed by atoms with Gasteiger partial charge in [0.05, 0.1) is 5.56 Å². The van der Waals surface area contributed by atoms with Crippen LogP contribution in [0.15, 0.2) is 42.5 Å². The highest BCUT2D eigenvalue weighted by Crippen LogP contribution is 2.29. The van der Waals surface area contributed by atoms with Crippen molar-refractivity contribution in [2.24, 2.45) is 0 Å². The number of carboxylic acid groups (broad SMARTS) is 1. The van der Waals surface area contributed by atoms with Gasteiger partial charge in [-0.15, -0.1) is 0 Å². The van der Waals surface area contributed by atoms with Crippen molar-refractivity contribution in [2.45, 2.75) is 13.3 Å². The van der Waals surface area contributed by atoms with Crippen molar-refractivity contribution < 1.29 is 9.90 Å². The normalized spacial score (nSPS) is 10.3. The first-order valence-corrected chi connectivity index (χ1v) is 6.11. The zero-order valence-electron chi connectivity index (χ0n) is 9.98. The van der Waals surface area contributed by atoms with E-state index in [1.54, 1.807) is 12.1 Å². The molecule has 2 rings (SSSR count). The molecule has 3 heteroatoms. The van der Waals surface area contributed by atoms with E-state index in [9.17, 15) is 4.79 Å². The summed E-state index contributed by atoms with van der Waals surface area (Å²) in [4.78, 5) is 10.8. The van der Waals surface area contributed by atoms with Crippen molar-refractivity contribution in [3.8, 4) is 11.1 Å². The van der Waals surface area contributed by atoms with Gasteiger partial charge < -0.3 is 5.11 Å². The summed E-state index contributed by atoms with van der Waals surface area (Å²) < 4.78 is 0. The van der Waals surface area contributed by atoms with Crippen LogP contribution in [0.5, 0.6) is 0 Å². The summed E-state index contributed by atoms with van der Waals surface area (Å²) in [5.74, 6) is -0.968. The number of rotatable bonds is 3. The van der Waals surface area contributed by atoms with Crippen LogP contribution in [0.25, 0.3) is 11.1 Å². The number of carbonyl (C=O) groups is 1. The van der Waals surface area contributed by atoms with E-state index >= 15 is 0 Å². The minimum atomic E-state index is -0.968. The van der Waals surface area contributed by atoms with Crippen molar-refractivity contribution in [3.05, 3.63) is 58.6 Å². The quantitative estimate of drug-likeness (QED) is 0.895. The van der Waals surface area contributed by atoms with Crippen molar-refractivity contribution in [1.29, 1.82) is 0 Å². The Morgan fingerprint density at radius 2 is 1.83 bits per heavy atom. The van der Waals surface area contributed by atoms with E-state index < -0.39 is 5.97 Å². The summed E-state index contributed by atoms with van der Waals surface area (Å²) in [6.07, 6.45) is 0.992. The smallest absolute Gasteiger partial charge is 0.335 e. The average Bonchev–Trinajstić information content (AvgIpc) is 2.38. The third kappa shape index (κ3) is 2.54. The Morgan fingerprint density at radius 1 is 1.17 bits per heavy atom. The summed E-state index contributed by atoms with van der Waals surface area (Å²) in [7, 11) is 0. The first-order chi connectivity index (χ1) is 8.61. The van der Waals surface area contributed by atoms with E-state index in [2.05, 4.69) is 19.1 Å². The third-order valence-corrected chi connectivity index (χ3v) is 3.20. The van der Waals surface area contributed by atoms with Crippen LogP contribution in [-0.4, -0.2) is 11.1 Å². The molecular weight excluding hydrogens is 248 g/mol. The van der Waals surface area contributed by atoms with Crippen LogP contribution >= 0.6 is 11.6 Å². The lowest BCUT2D eigenvalue weighted by Gasteiger charge is -2.06. The van der Waals surface area contributed by atoms with E-state index in [0.29, 0.717) is 5.02 Å². The molecule has 0 atom stereocenters. The van der Waals surface area contributed by atoms with E-state index in [-0.39, 0.29) is 5.56 Å². The Kier molecular flexibility index (Phi) is 3.68. The molecular formula is C15H13ClO2. The van der Waals surface area contributed by atoms with Gasteiger partial charge in [0.2, 0.25) is 0 Å². The second-order valence-corrected chi connectivity index (χ2v) is 4.46. The van der Waals surface area contributed by atoms with Gasteiger partial charge in [0.15, 0.2) is 0 Å². The molecule has 0 amide bonds. The summed E-state index contributed by atoms with van der Waals surface area (Å²) in [6.45, 7) is 2.10. The summed E-state index contributed by atoms with van der Waals surface area (Å²) in [5, 5.41) is 9.34. The predicted molar refractivity (Wildman–Crippen MR) is 73.2 cm³/mol. The number of hydrogen-bond acceptors (Lipinski definition) is 1. The van der Waals surface area contributed by atoms with Gasteiger partial charge in [-0.1, -0.05) is 48.9 Å². The summed E-state index contributed by atoms with van der Waals surface area (Å²) in [6, 6.07) is 12.9. The van der Waals surface area contributed by atoms with Gasteiger partial charge in [0.25, 0.3) is 0 Å². The van der Waals surface area contributed by atoms with Crippen molar-refractivity contribution >= 4 is 17.6 Å². The van der Waals surface area contributed by atoms with E-state index in [1.807, 2.05) is 12.1 Å². The highest BCUT2D eigenvalue weighted by molar-refractivity contribution is 6.33. The fraction of sp³-hybridized carbons (Fsp3) is 0.133. The topological polar surface area (TPSA) is 37.3 Å². The molecule has 92 valence electrons. The zero-order chi connectivity index (χ0) is 13.1. The Balaban J connectivity index is 2.41. The molecule has 0 bridgehead atoms. The summed E-state index contributed by atoms with van der Waals surface area (Å²) in [5.41, 5.74) is 3.31. The van der Waals surface area contributed by atoms with Crippen LogP contribution in [0, 0.1) is 0 Å². The van der Waals surface area contributed by atoms with E-state index in [1.165, 1.54) is 11.6 Å². The maximum absolute atomic E-state index is 10.8. The lowest BCUT2D eigenvalue weighted by atomic mass is 10.0. The molecule has 2 aromatic carbocycles. The van der Waals surface area contributed by atoms with Crippen molar-refractivity contribution in [1.82, 2.24) is 0 Å². The number of benzene rings is 2. The fourth-order valence-electron chi connectivity index (χ4n) is 1.80. The van der Waals surface area contributed by atoms with Crippen LogP contribution in [0.4, 0.5) is 0 Å². The van der Waals surface area contributed by atoms with Gasteiger partial charge in [0, 0.05) is 10.6 Å². The molecule has 0 unspecified atom stereocenters. The molecule has 2 aromatic rings. The van der Waals surface area contributed by atoms with Gasteiger partial charge in [-0.05, 0) is 29.7 Å². The molecule has 0 radical (unpaired) electrons. The standard InChI is InChI=1S/C15H13ClO2/c1-2-10-3-5-11(6-4-10)13-8-7-12(15(17)18)9-14(13)16/h3-9H,2H2,1H3,(H,17,18). The monoisotopic (exact) mass is 260 g/mol. The molecule has 0 aromatic heterocycles. The highest BCUT2D eigenvalue weighted by Gasteiger charge is 2.08. The maximum atomic E-state index is 10.8. The van der Waals surface area contributed by atoms with Gasteiger partial charge in [0.1, 0.15) is 0 Å². The van der Waals surface area contributed by atoms with Crippen LogP contribution in [0.1, 0.15) is 22.8 Å². The number of aromatic carboxylic acids is 1. The molecule has 0 heterocycles. The lowest BCUT2D eigenvalue weighted by Crippen LogP contribution is -1.96. The van der Waals surface area contributed by atoms with E-state index in [0.717, 1.165) is 17.5 Å². The van der Waals surface area contributed by atoms with Crippen LogP contribution in [0.3, 0.4) is 0 Å². The Labute approximate surface area is 111 Å². The summed E-state index contributed by atoms with van der Waals surface area (Å²) >= 11 is 6.12. The maximum Gasteiger partial charge on any atom is 0.335 e. The molecule has 0 saturated carbocycles. The molecule has 0 spiro atoms. The SMILES string of the molecule is CCc1ccc(-c2ccc(C(=O)O)cc2Cl)cc1. The number of aryl methyl sites for hydroxylation is 1. The lowest BCUT2D eigenvalue weighted by molar-refractivity contribution is 0.0697. The second-order valence-electron chi connectivity index (χ2n) is 4.05. The molecule has 0 aliphatic rings.